The quantitative estimate of drug-likeness (QED) is 0.428. The van der Waals surface area contributed by atoms with Gasteiger partial charge in [0.2, 0.25) is 20.3 Å². The van der Waals surface area contributed by atoms with Crippen LogP contribution in [-0.2, 0) is 20.0 Å². The fraction of sp³-hybridized carbons (Fsp3) is 0.167. The number of carbonyl (C=O) groups is 1. The molecule has 14 heteroatoms. The summed E-state index contributed by atoms with van der Waals surface area (Å²) in [6.07, 6.45) is 0.960. The number of carbonyl (C=O) groups excluding carboxylic acids is 1. The van der Waals surface area contributed by atoms with E-state index >= 15 is 0 Å². The molecule has 0 atom stereocenters. The average Bonchev–Trinajstić information content (AvgIpc) is 3.13. The number of hydrogen-bond acceptors (Lipinski definition) is 9. The van der Waals surface area contributed by atoms with Gasteiger partial charge in [-0.25, -0.2) is 16.8 Å². The van der Waals surface area contributed by atoms with Gasteiger partial charge in [0, 0.05) is 11.3 Å². The highest BCUT2D eigenvalue weighted by molar-refractivity contribution is 7.92. The lowest BCUT2D eigenvalue weighted by Crippen LogP contribution is -2.17. The van der Waals surface area contributed by atoms with Crippen molar-refractivity contribution < 1.29 is 26.4 Å². The molecular weight excluding hydrogens is 478 g/mol. The fourth-order valence-electron chi connectivity index (χ4n) is 2.52. The van der Waals surface area contributed by atoms with Crippen LogP contribution in [0.2, 0.25) is 0 Å². The number of nitrogens with one attached hydrogen (secondary N) is 3. The highest BCUT2D eigenvalue weighted by atomic mass is 32.2. The molecule has 2 aromatic carbocycles. The van der Waals surface area contributed by atoms with Gasteiger partial charge in [-0.15, -0.1) is 10.2 Å². The molecule has 0 saturated carbocycles. The summed E-state index contributed by atoms with van der Waals surface area (Å²) in [5, 5.41) is 9.86. The first-order chi connectivity index (χ1) is 15.0. The lowest BCUT2D eigenvalue weighted by Gasteiger charge is -2.11. The molecule has 0 unspecified atom stereocenters. The minimum Gasteiger partial charge on any atom is -0.497 e. The number of aromatic nitrogens is 2. The molecule has 0 saturated heterocycles. The Hall–Kier alpha value is -3.23. The SMILES string of the molecule is COc1ccc(NS(=O)(=O)c2ccc(C)c(C(=O)Nc3nnc(NS(C)(=O)=O)s3)c2)cc1. The Balaban J connectivity index is 1.80. The predicted octanol–water partition coefficient (Wildman–Crippen LogP) is 2.28. The van der Waals surface area contributed by atoms with E-state index in [1.807, 2.05) is 0 Å². The van der Waals surface area contributed by atoms with Crippen molar-refractivity contribution >= 4 is 53.2 Å². The van der Waals surface area contributed by atoms with Gasteiger partial charge in [0.15, 0.2) is 0 Å². The normalized spacial score (nSPS) is 11.6. The maximum absolute atomic E-state index is 12.8. The van der Waals surface area contributed by atoms with Gasteiger partial charge in [0.1, 0.15) is 5.75 Å². The molecule has 0 aliphatic rings. The summed E-state index contributed by atoms with van der Waals surface area (Å²) in [5.41, 5.74) is 0.970. The van der Waals surface area contributed by atoms with Crippen LogP contribution in [0.25, 0.3) is 0 Å². The van der Waals surface area contributed by atoms with E-state index in [0.29, 0.717) is 17.0 Å². The summed E-state index contributed by atoms with van der Waals surface area (Å²) >= 11 is 0.818. The van der Waals surface area contributed by atoms with Crippen LogP contribution in [0.1, 0.15) is 15.9 Å². The van der Waals surface area contributed by atoms with Gasteiger partial charge < -0.3 is 4.74 Å². The molecule has 0 aliphatic carbocycles. The molecule has 0 fully saturated rings. The third-order valence-corrected chi connectivity index (χ3v) is 6.85. The Bertz CT molecular complexity index is 1350. The number of anilines is 3. The maximum atomic E-state index is 12.8. The maximum Gasteiger partial charge on any atom is 0.261 e. The first kappa shape index (κ1) is 23.4. The van der Waals surface area contributed by atoms with Crippen LogP contribution in [0.3, 0.4) is 0 Å². The predicted molar refractivity (Wildman–Crippen MR) is 121 cm³/mol. The molecule has 1 amide bonds. The van der Waals surface area contributed by atoms with Crippen LogP contribution in [0.5, 0.6) is 5.75 Å². The number of ether oxygens (including phenoxy) is 1. The van der Waals surface area contributed by atoms with E-state index in [1.165, 1.54) is 25.3 Å². The molecule has 11 nitrogen and oxygen atoms in total. The van der Waals surface area contributed by atoms with Crippen molar-refractivity contribution in [1.29, 1.82) is 0 Å². The van der Waals surface area contributed by atoms with Gasteiger partial charge in [0.25, 0.3) is 15.9 Å². The van der Waals surface area contributed by atoms with Crippen LogP contribution >= 0.6 is 11.3 Å². The average molecular weight is 498 g/mol. The van der Waals surface area contributed by atoms with Crippen LogP contribution < -0.4 is 19.5 Å². The van der Waals surface area contributed by atoms with Crippen molar-refractivity contribution in [3.63, 3.8) is 0 Å². The highest BCUT2D eigenvalue weighted by Gasteiger charge is 2.20. The molecule has 1 aromatic heterocycles. The molecule has 0 bridgehead atoms. The van der Waals surface area contributed by atoms with Crippen LogP contribution in [0, 0.1) is 6.92 Å². The summed E-state index contributed by atoms with van der Waals surface area (Å²) < 4.78 is 57.7. The molecule has 3 rings (SSSR count). The smallest absolute Gasteiger partial charge is 0.261 e. The molecule has 3 N–H and O–H groups in total. The van der Waals surface area contributed by atoms with Gasteiger partial charge in [0.05, 0.1) is 18.3 Å². The third-order valence-electron chi connectivity index (χ3n) is 4.02. The summed E-state index contributed by atoms with van der Waals surface area (Å²) in [6.45, 7) is 1.65. The van der Waals surface area contributed by atoms with Gasteiger partial charge in [-0.2, -0.15) is 0 Å². The van der Waals surface area contributed by atoms with Crippen LogP contribution in [0.4, 0.5) is 16.0 Å². The minimum atomic E-state index is -3.97. The number of benzene rings is 2. The summed E-state index contributed by atoms with van der Waals surface area (Å²) in [6, 6.07) is 10.5. The summed E-state index contributed by atoms with van der Waals surface area (Å²) in [5.74, 6) is -0.0418. The third kappa shape index (κ3) is 5.93. The first-order valence-electron chi connectivity index (χ1n) is 8.87. The number of hydrogen-bond donors (Lipinski definition) is 3. The number of aryl methyl sites for hydroxylation is 1. The second-order valence-corrected chi connectivity index (χ2v) is 11.0. The Kier molecular flexibility index (Phi) is 6.66. The summed E-state index contributed by atoms with van der Waals surface area (Å²) in [7, 11) is -6.00. The topological polar surface area (TPSA) is 156 Å². The highest BCUT2D eigenvalue weighted by Crippen LogP contribution is 2.24. The van der Waals surface area contributed by atoms with Crippen molar-refractivity contribution in [1.82, 2.24) is 10.2 Å². The molecule has 0 spiro atoms. The Morgan fingerprint density at radius 2 is 1.62 bits per heavy atom. The second kappa shape index (κ2) is 9.10. The Morgan fingerprint density at radius 1 is 0.969 bits per heavy atom. The van der Waals surface area contributed by atoms with Crippen molar-refractivity contribution in [3.05, 3.63) is 53.6 Å². The number of amides is 1. The number of rotatable bonds is 8. The van der Waals surface area contributed by atoms with Crippen molar-refractivity contribution in [2.24, 2.45) is 0 Å². The molecule has 170 valence electrons. The van der Waals surface area contributed by atoms with Crippen LogP contribution in [-0.4, -0.2) is 46.3 Å². The molecular formula is C18H19N5O6S3. The van der Waals surface area contributed by atoms with E-state index in [2.05, 4.69) is 25.0 Å². The van der Waals surface area contributed by atoms with E-state index in [0.717, 1.165) is 17.6 Å². The molecule has 3 aromatic rings. The van der Waals surface area contributed by atoms with E-state index in [1.54, 1.807) is 31.2 Å². The number of methoxy groups -OCH3 is 1. The van der Waals surface area contributed by atoms with Crippen LogP contribution in [0.15, 0.2) is 47.4 Å². The van der Waals surface area contributed by atoms with Gasteiger partial charge in [-0.05, 0) is 48.9 Å². The Morgan fingerprint density at radius 3 is 2.25 bits per heavy atom. The number of sulfonamides is 2. The lowest BCUT2D eigenvalue weighted by molar-refractivity contribution is 0.102. The molecule has 1 heterocycles. The zero-order chi connectivity index (χ0) is 23.5. The van der Waals surface area contributed by atoms with Crippen molar-refractivity contribution in [3.8, 4) is 5.75 Å². The first-order valence-corrected chi connectivity index (χ1v) is 13.1. The van der Waals surface area contributed by atoms with Crippen molar-refractivity contribution in [2.45, 2.75) is 11.8 Å². The van der Waals surface area contributed by atoms with Gasteiger partial charge >= 0.3 is 0 Å². The van der Waals surface area contributed by atoms with Gasteiger partial charge in [-0.1, -0.05) is 17.4 Å². The molecule has 0 aliphatic heterocycles. The van der Waals surface area contributed by atoms with Crippen molar-refractivity contribution in [2.75, 3.05) is 28.1 Å². The zero-order valence-corrected chi connectivity index (χ0v) is 19.6. The second-order valence-electron chi connectivity index (χ2n) is 6.55. The summed E-state index contributed by atoms with van der Waals surface area (Å²) in [4.78, 5) is 12.6. The van der Waals surface area contributed by atoms with Gasteiger partial charge in [-0.3, -0.25) is 19.6 Å². The standard InChI is InChI=1S/C18H19N5O6S3/c1-11-4-9-14(32(27,28)22-12-5-7-13(29-2)8-6-12)10-15(11)16(24)19-17-20-21-18(30-17)23-31(3,25)26/h4-10,22H,1-3H3,(H,21,23)(H,19,20,24). The van der Waals surface area contributed by atoms with E-state index < -0.39 is 26.0 Å². The Labute approximate surface area is 188 Å². The largest absolute Gasteiger partial charge is 0.497 e. The minimum absolute atomic E-state index is 0.0143. The van der Waals surface area contributed by atoms with E-state index in [-0.39, 0.29) is 20.7 Å². The van der Waals surface area contributed by atoms with E-state index in [4.69, 9.17) is 4.74 Å². The fourth-order valence-corrected chi connectivity index (χ4v) is 5.08. The number of nitrogens with zero attached hydrogens (tertiary/aromatic N) is 2. The monoisotopic (exact) mass is 497 g/mol. The molecule has 32 heavy (non-hydrogen) atoms. The zero-order valence-electron chi connectivity index (χ0n) is 17.1. The lowest BCUT2D eigenvalue weighted by atomic mass is 10.1. The molecule has 0 radical (unpaired) electrons. The van der Waals surface area contributed by atoms with E-state index in [9.17, 15) is 21.6 Å².